The standard InChI is InChI=1S/C17H16F3N3O3/c1-26-9-8-22-16(25)14-10-11(6-7-21-14)15(24)23-13-4-2-12(3-5-13)17(18,19)20/h2-7,10H,8-9H2,1H3,(H,22,25)(H,23,24). The molecule has 0 saturated heterocycles. The number of carbonyl (C=O) groups is 2. The third-order valence-corrected chi connectivity index (χ3v) is 3.32. The number of carbonyl (C=O) groups excluding carboxylic acids is 2. The van der Waals surface area contributed by atoms with E-state index < -0.39 is 23.6 Å². The van der Waals surface area contributed by atoms with Gasteiger partial charge in [-0.3, -0.25) is 14.6 Å². The molecule has 0 aliphatic carbocycles. The maximum atomic E-state index is 12.5. The van der Waals surface area contributed by atoms with Crippen molar-refractivity contribution in [1.29, 1.82) is 0 Å². The summed E-state index contributed by atoms with van der Waals surface area (Å²) in [7, 11) is 1.50. The molecular formula is C17H16F3N3O3. The van der Waals surface area contributed by atoms with Crippen LogP contribution in [0.5, 0.6) is 0 Å². The van der Waals surface area contributed by atoms with E-state index in [1.54, 1.807) is 0 Å². The summed E-state index contributed by atoms with van der Waals surface area (Å²) in [5, 5.41) is 5.04. The molecule has 26 heavy (non-hydrogen) atoms. The summed E-state index contributed by atoms with van der Waals surface area (Å²) in [5.74, 6) is -1.04. The van der Waals surface area contributed by atoms with Crippen molar-refractivity contribution in [3.05, 3.63) is 59.4 Å². The number of ether oxygens (including phenoxy) is 1. The van der Waals surface area contributed by atoms with Crippen LogP contribution in [0.25, 0.3) is 0 Å². The number of halogens is 3. The van der Waals surface area contributed by atoms with Gasteiger partial charge in [-0.15, -0.1) is 0 Å². The van der Waals surface area contributed by atoms with Crippen molar-refractivity contribution in [2.24, 2.45) is 0 Å². The summed E-state index contributed by atoms with van der Waals surface area (Å²) in [6, 6.07) is 6.74. The molecule has 9 heteroatoms. The predicted molar refractivity (Wildman–Crippen MR) is 87.8 cm³/mol. The van der Waals surface area contributed by atoms with Crippen molar-refractivity contribution in [3.63, 3.8) is 0 Å². The first-order valence-electron chi connectivity index (χ1n) is 7.53. The molecule has 138 valence electrons. The Bertz CT molecular complexity index is 777. The maximum Gasteiger partial charge on any atom is 0.416 e. The van der Waals surface area contributed by atoms with Crippen molar-refractivity contribution in [2.45, 2.75) is 6.18 Å². The third-order valence-electron chi connectivity index (χ3n) is 3.32. The Morgan fingerprint density at radius 1 is 1.12 bits per heavy atom. The molecule has 0 bridgehead atoms. The Labute approximate surface area is 147 Å². The highest BCUT2D eigenvalue weighted by atomic mass is 19.4. The van der Waals surface area contributed by atoms with Gasteiger partial charge in [0.2, 0.25) is 0 Å². The molecule has 0 aliphatic rings. The lowest BCUT2D eigenvalue weighted by atomic mass is 10.1. The summed E-state index contributed by atoms with van der Waals surface area (Å²) in [6.45, 7) is 0.624. The lowest BCUT2D eigenvalue weighted by Crippen LogP contribution is -2.28. The first kappa shape index (κ1) is 19.4. The van der Waals surface area contributed by atoms with E-state index in [1.165, 1.54) is 25.4 Å². The second-order valence-electron chi connectivity index (χ2n) is 5.21. The van der Waals surface area contributed by atoms with Crippen LogP contribution >= 0.6 is 0 Å². The van der Waals surface area contributed by atoms with Crippen LogP contribution in [0.3, 0.4) is 0 Å². The van der Waals surface area contributed by atoms with Gasteiger partial charge in [0, 0.05) is 31.1 Å². The van der Waals surface area contributed by atoms with Crippen LogP contribution in [0.2, 0.25) is 0 Å². The van der Waals surface area contributed by atoms with Crippen LogP contribution in [0.15, 0.2) is 42.6 Å². The van der Waals surface area contributed by atoms with E-state index in [-0.39, 0.29) is 16.9 Å². The van der Waals surface area contributed by atoms with Gasteiger partial charge in [0.1, 0.15) is 5.69 Å². The van der Waals surface area contributed by atoms with E-state index in [9.17, 15) is 22.8 Å². The van der Waals surface area contributed by atoms with Gasteiger partial charge in [-0.2, -0.15) is 13.2 Å². The summed E-state index contributed by atoms with van der Waals surface area (Å²) >= 11 is 0. The van der Waals surface area contributed by atoms with Crippen molar-refractivity contribution in [1.82, 2.24) is 10.3 Å². The molecular weight excluding hydrogens is 351 g/mol. The van der Waals surface area contributed by atoms with Crippen LogP contribution in [0.4, 0.5) is 18.9 Å². The minimum absolute atomic E-state index is 0.0428. The molecule has 0 fully saturated rings. The van der Waals surface area contributed by atoms with Crippen molar-refractivity contribution >= 4 is 17.5 Å². The Kier molecular flexibility index (Phi) is 6.29. The fourth-order valence-corrected chi connectivity index (χ4v) is 2.00. The Hall–Kier alpha value is -2.94. The summed E-state index contributed by atoms with van der Waals surface area (Å²) in [4.78, 5) is 28.0. The van der Waals surface area contributed by atoms with Crippen LogP contribution in [0.1, 0.15) is 26.4 Å². The number of alkyl halides is 3. The molecule has 0 atom stereocenters. The zero-order valence-electron chi connectivity index (χ0n) is 13.8. The minimum Gasteiger partial charge on any atom is -0.383 e. The smallest absolute Gasteiger partial charge is 0.383 e. The van der Waals surface area contributed by atoms with E-state index in [2.05, 4.69) is 15.6 Å². The number of pyridine rings is 1. The number of rotatable bonds is 6. The molecule has 0 spiro atoms. The highest BCUT2D eigenvalue weighted by Crippen LogP contribution is 2.29. The normalized spacial score (nSPS) is 11.1. The molecule has 1 aromatic carbocycles. The van der Waals surface area contributed by atoms with E-state index >= 15 is 0 Å². The summed E-state index contributed by atoms with van der Waals surface area (Å²) < 4.78 is 42.4. The molecule has 2 N–H and O–H groups in total. The van der Waals surface area contributed by atoms with Gasteiger partial charge < -0.3 is 15.4 Å². The molecule has 2 rings (SSSR count). The number of aromatic nitrogens is 1. The lowest BCUT2D eigenvalue weighted by molar-refractivity contribution is -0.137. The largest absolute Gasteiger partial charge is 0.416 e. The van der Waals surface area contributed by atoms with Crippen LogP contribution < -0.4 is 10.6 Å². The van der Waals surface area contributed by atoms with E-state index in [4.69, 9.17) is 4.74 Å². The van der Waals surface area contributed by atoms with Crippen LogP contribution in [-0.2, 0) is 10.9 Å². The van der Waals surface area contributed by atoms with Gasteiger partial charge in [-0.1, -0.05) is 0 Å². The molecule has 0 aliphatic heterocycles. The van der Waals surface area contributed by atoms with Gasteiger partial charge in [-0.25, -0.2) is 0 Å². The van der Waals surface area contributed by atoms with Gasteiger partial charge in [0.25, 0.3) is 11.8 Å². The van der Waals surface area contributed by atoms with Gasteiger partial charge in [0.15, 0.2) is 0 Å². The molecule has 6 nitrogen and oxygen atoms in total. The summed E-state index contributed by atoms with van der Waals surface area (Å²) in [5.41, 5.74) is -0.418. The lowest BCUT2D eigenvalue weighted by Gasteiger charge is -2.09. The summed E-state index contributed by atoms with van der Waals surface area (Å²) in [6.07, 6.45) is -3.15. The molecule has 0 radical (unpaired) electrons. The first-order valence-corrected chi connectivity index (χ1v) is 7.53. The monoisotopic (exact) mass is 367 g/mol. The molecule has 2 amide bonds. The predicted octanol–water partition coefficient (Wildman–Crippen LogP) is 2.73. The Morgan fingerprint density at radius 2 is 1.81 bits per heavy atom. The van der Waals surface area contributed by atoms with E-state index in [0.717, 1.165) is 24.3 Å². The van der Waals surface area contributed by atoms with Crippen molar-refractivity contribution in [2.75, 3.05) is 25.6 Å². The average Bonchev–Trinajstić information content (AvgIpc) is 2.61. The quantitative estimate of drug-likeness (QED) is 0.770. The fraction of sp³-hybridized carbons (Fsp3) is 0.235. The first-order chi connectivity index (χ1) is 12.3. The molecule has 0 saturated carbocycles. The highest BCUT2D eigenvalue weighted by Gasteiger charge is 2.30. The Balaban J connectivity index is 2.05. The third kappa shape index (κ3) is 5.28. The number of amides is 2. The number of hydrogen-bond acceptors (Lipinski definition) is 4. The molecule has 2 aromatic rings. The van der Waals surface area contributed by atoms with E-state index in [1.807, 2.05) is 0 Å². The van der Waals surface area contributed by atoms with Crippen LogP contribution in [-0.4, -0.2) is 37.1 Å². The molecule has 1 heterocycles. The number of anilines is 1. The SMILES string of the molecule is COCCNC(=O)c1cc(C(=O)Nc2ccc(C(F)(F)F)cc2)ccn1. The number of benzene rings is 1. The van der Waals surface area contributed by atoms with E-state index in [0.29, 0.717) is 13.2 Å². The second kappa shape index (κ2) is 8.43. The zero-order chi connectivity index (χ0) is 19.2. The van der Waals surface area contributed by atoms with Gasteiger partial charge >= 0.3 is 6.18 Å². The zero-order valence-corrected chi connectivity index (χ0v) is 13.8. The number of nitrogens with one attached hydrogen (secondary N) is 2. The van der Waals surface area contributed by atoms with Gasteiger partial charge in [-0.05, 0) is 36.4 Å². The van der Waals surface area contributed by atoms with Crippen molar-refractivity contribution < 1.29 is 27.5 Å². The van der Waals surface area contributed by atoms with Gasteiger partial charge in [0.05, 0.1) is 12.2 Å². The number of nitrogens with zero attached hydrogens (tertiary/aromatic N) is 1. The molecule has 1 aromatic heterocycles. The van der Waals surface area contributed by atoms with Crippen LogP contribution in [0, 0.1) is 0 Å². The molecule has 0 unspecified atom stereocenters. The second-order valence-corrected chi connectivity index (χ2v) is 5.21. The minimum atomic E-state index is -4.45. The maximum absolute atomic E-state index is 12.5. The average molecular weight is 367 g/mol. The fourth-order valence-electron chi connectivity index (χ4n) is 2.00. The highest BCUT2D eigenvalue weighted by molar-refractivity contribution is 6.05. The van der Waals surface area contributed by atoms with Crippen molar-refractivity contribution in [3.8, 4) is 0 Å². The topological polar surface area (TPSA) is 80.3 Å². The Morgan fingerprint density at radius 3 is 2.42 bits per heavy atom. The number of hydrogen-bond donors (Lipinski definition) is 2. The number of methoxy groups -OCH3 is 1.